The molecule has 0 aliphatic rings. The van der Waals surface area contributed by atoms with Crippen molar-refractivity contribution in [2.24, 2.45) is 0 Å². The zero-order valence-corrected chi connectivity index (χ0v) is 15.1. The van der Waals surface area contributed by atoms with Crippen molar-refractivity contribution in [2.45, 2.75) is 0 Å². The molecule has 0 bridgehead atoms. The highest BCUT2D eigenvalue weighted by molar-refractivity contribution is 7.12. The summed E-state index contributed by atoms with van der Waals surface area (Å²) in [7, 11) is 0. The van der Waals surface area contributed by atoms with E-state index in [0.29, 0.717) is 31.9 Å². The molecule has 0 aliphatic heterocycles. The maximum atomic E-state index is 12.4. The summed E-state index contributed by atoms with van der Waals surface area (Å²) in [6.07, 6.45) is 0. The SMILES string of the molecule is O=C(Nc1cccc(Cl)c1)c1ccc(Cl)c(NC(=O)c2cccs2)c1. The predicted octanol–water partition coefficient (Wildman–Crippen LogP) is 5.56. The molecule has 4 nitrogen and oxygen atoms in total. The third-order valence-electron chi connectivity index (χ3n) is 3.30. The van der Waals surface area contributed by atoms with Crippen LogP contribution in [0.3, 0.4) is 0 Å². The lowest BCUT2D eigenvalue weighted by Gasteiger charge is -2.10. The number of amides is 2. The summed E-state index contributed by atoms with van der Waals surface area (Å²) in [5, 5.41) is 8.16. The standard InChI is InChI=1S/C18H12Cl2N2O2S/c19-12-3-1-4-13(10-12)21-17(23)11-6-7-14(20)15(9-11)22-18(24)16-5-2-8-25-16/h1-10H,(H,21,23)(H,22,24). The van der Waals surface area contributed by atoms with Crippen LogP contribution in [0.25, 0.3) is 0 Å². The first-order chi connectivity index (χ1) is 12.0. The molecule has 2 N–H and O–H groups in total. The molecule has 126 valence electrons. The Morgan fingerprint density at radius 1 is 0.880 bits per heavy atom. The summed E-state index contributed by atoms with van der Waals surface area (Å²) in [4.78, 5) is 25.1. The van der Waals surface area contributed by atoms with Crippen molar-refractivity contribution in [3.8, 4) is 0 Å². The first-order valence-electron chi connectivity index (χ1n) is 7.24. The van der Waals surface area contributed by atoms with Gasteiger partial charge in [-0.2, -0.15) is 0 Å². The molecule has 0 saturated heterocycles. The van der Waals surface area contributed by atoms with Crippen molar-refractivity contribution in [3.63, 3.8) is 0 Å². The molecule has 1 heterocycles. The maximum absolute atomic E-state index is 12.4. The summed E-state index contributed by atoms with van der Waals surface area (Å²) in [5.74, 6) is -0.602. The first kappa shape index (κ1) is 17.5. The Labute approximate surface area is 158 Å². The van der Waals surface area contributed by atoms with Gasteiger partial charge in [0.05, 0.1) is 15.6 Å². The van der Waals surface area contributed by atoms with Crippen molar-refractivity contribution in [3.05, 3.63) is 80.5 Å². The molecule has 7 heteroatoms. The number of rotatable bonds is 4. The van der Waals surface area contributed by atoms with Gasteiger partial charge in [0.15, 0.2) is 0 Å². The van der Waals surface area contributed by atoms with E-state index in [9.17, 15) is 9.59 Å². The first-order valence-corrected chi connectivity index (χ1v) is 8.88. The number of hydrogen-bond donors (Lipinski definition) is 2. The van der Waals surface area contributed by atoms with E-state index in [1.54, 1.807) is 48.5 Å². The van der Waals surface area contributed by atoms with Crippen LogP contribution in [0, 0.1) is 0 Å². The Bertz CT molecular complexity index is 927. The highest BCUT2D eigenvalue weighted by Crippen LogP contribution is 2.25. The normalized spacial score (nSPS) is 10.3. The number of carbonyl (C=O) groups is 2. The van der Waals surface area contributed by atoms with Crippen LogP contribution in [-0.2, 0) is 0 Å². The van der Waals surface area contributed by atoms with E-state index >= 15 is 0 Å². The van der Waals surface area contributed by atoms with Gasteiger partial charge in [0.1, 0.15) is 0 Å². The smallest absolute Gasteiger partial charge is 0.265 e. The Morgan fingerprint density at radius 3 is 2.44 bits per heavy atom. The monoisotopic (exact) mass is 390 g/mol. The van der Waals surface area contributed by atoms with Crippen molar-refractivity contribution < 1.29 is 9.59 Å². The van der Waals surface area contributed by atoms with Crippen LogP contribution >= 0.6 is 34.5 Å². The van der Waals surface area contributed by atoms with Gasteiger partial charge in [-0.1, -0.05) is 35.3 Å². The summed E-state index contributed by atoms with van der Waals surface area (Å²) in [6.45, 7) is 0. The molecule has 0 unspecified atom stereocenters. The maximum Gasteiger partial charge on any atom is 0.265 e. The molecule has 3 aromatic rings. The number of hydrogen-bond acceptors (Lipinski definition) is 3. The van der Waals surface area contributed by atoms with E-state index < -0.39 is 0 Å². The van der Waals surface area contributed by atoms with E-state index in [1.165, 1.54) is 17.4 Å². The van der Waals surface area contributed by atoms with E-state index in [0.717, 1.165) is 0 Å². The second-order valence-corrected chi connectivity index (χ2v) is 6.88. The predicted molar refractivity (Wildman–Crippen MR) is 103 cm³/mol. The van der Waals surface area contributed by atoms with E-state index in [4.69, 9.17) is 23.2 Å². The Balaban J connectivity index is 1.78. The molecule has 0 saturated carbocycles. The number of thiophene rings is 1. The van der Waals surface area contributed by atoms with E-state index in [2.05, 4.69) is 10.6 Å². The molecule has 2 aromatic carbocycles. The van der Waals surface area contributed by atoms with Crippen molar-refractivity contribution in [1.29, 1.82) is 0 Å². The van der Waals surface area contributed by atoms with Crippen LogP contribution in [0.1, 0.15) is 20.0 Å². The number of nitrogens with one attached hydrogen (secondary N) is 2. The second-order valence-electron chi connectivity index (χ2n) is 5.09. The minimum absolute atomic E-state index is 0.274. The van der Waals surface area contributed by atoms with Crippen LogP contribution in [0.4, 0.5) is 11.4 Å². The molecule has 25 heavy (non-hydrogen) atoms. The van der Waals surface area contributed by atoms with Crippen LogP contribution in [0.15, 0.2) is 60.0 Å². The van der Waals surface area contributed by atoms with E-state index in [-0.39, 0.29) is 11.8 Å². The quantitative estimate of drug-likeness (QED) is 0.612. The van der Waals surface area contributed by atoms with Gasteiger partial charge in [0, 0.05) is 16.3 Å². The molecule has 0 radical (unpaired) electrons. The van der Waals surface area contributed by atoms with Gasteiger partial charge in [-0.25, -0.2) is 0 Å². The highest BCUT2D eigenvalue weighted by Gasteiger charge is 2.13. The second kappa shape index (κ2) is 7.70. The summed E-state index contributed by atoms with van der Waals surface area (Å²) < 4.78 is 0. The largest absolute Gasteiger partial charge is 0.322 e. The third-order valence-corrected chi connectivity index (χ3v) is 4.74. The van der Waals surface area contributed by atoms with Gasteiger partial charge in [-0.3, -0.25) is 9.59 Å². The Morgan fingerprint density at radius 2 is 1.72 bits per heavy atom. The number of carbonyl (C=O) groups excluding carboxylic acids is 2. The number of benzene rings is 2. The van der Waals surface area contributed by atoms with Gasteiger partial charge in [0.2, 0.25) is 0 Å². The molecule has 1 aromatic heterocycles. The minimum Gasteiger partial charge on any atom is -0.322 e. The molecular weight excluding hydrogens is 379 g/mol. The number of anilines is 2. The zero-order chi connectivity index (χ0) is 17.8. The lowest BCUT2D eigenvalue weighted by molar-refractivity contribution is 0.101. The van der Waals surface area contributed by atoms with Crippen LogP contribution in [0.2, 0.25) is 10.0 Å². The average molecular weight is 391 g/mol. The van der Waals surface area contributed by atoms with Crippen LogP contribution in [-0.4, -0.2) is 11.8 Å². The molecule has 0 spiro atoms. The number of halogens is 2. The lowest BCUT2D eigenvalue weighted by atomic mass is 10.1. The zero-order valence-electron chi connectivity index (χ0n) is 12.8. The van der Waals surface area contributed by atoms with Gasteiger partial charge in [0.25, 0.3) is 11.8 Å². The lowest BCUT2D eigenvalue weighted by Crippen LogP contribution is -2.14. The fraction of sp³-hybridized carbons (Fsp3) is 0. The summed E-state index contributed by atoms with van der Waals surface area (Å²) >= 11 is 13.4. The summed E-state index contributed by atoms with van der Waals surface area (Å²) in [6, 6.07) is 15.0. The average Bonchev–Trinajstić information content (AvgIpc) is 3.11. The highest BCUT2D eigenvalue weighted by atomic mass is 35.5. The van der Waals surface area contributed by atoms with Gasteiger partial charge in [-0.05, 0) is 47.8 Å². The third kappa shape index (κ3) is 4.39. The molecular formula is C18H12Cl2N2O2S. The minimum atomic E-state index is -0.328. The van der Waals surface area contributed by atoms with Crippen LogP contribution < -0.4 is 10.6 Å². The molecule has 3 rings (SSSR count). The van der Waals surface area contributed by atoms with Crippen molar-refractivity contribution in [2.75, 3.05) is 10.6 Å². The summed E-state index contributed by atoms with van der Waals surface area (Å²) in [5.41, 5.74) is 1.32. The van der Waals surface area contributed by atoms with Crippen molar-refractivity contribution in [1.82, 2.24) is 0 Å². The molecule has 0 fully saturated rings. The van der Waals surface area contributed by atoms with Crippen LogP contribution in [0.5, 0.6) is 0 Å². The van der Waals surface area contributed by atoms with E-state index in [1.807, 2.05) is 5.38 Å². The molecule has 0 atom stereocenters. The fourth-order valence-electron chi connectivity index (χ4n) is 2.12. The van der Waals surface area contributed by atoms with Gasteiger partial charge >= 0.3 is 0 Å². The van der Waals surface area contributed by atoms with Gasteiger partial charge < -0.3 is 10.6 Å². The molecule has 2 amide bonds. The van der Waals surface area contributed by atoms with Crippen molar-refractivity contribution >= 4 is 57.7 Å². The molecule has 0 aliphatic carbocycles. The fourth-order valence-corrected chi connectivity index (χ4v) is 3.10. The topological polar surface area (TPSA) is 58.2 Å². The van der Waals surface area contributed by atoms with Gasteiger partial charge in [-0.15, -0.1) is 11.3 Å². The Kier molecular flexibility index (Phi) is 5.38. The Hall–Kier alpha value is -2.34.